The molecule has 1 heterocycles. The predicted molar refractivity (Wildman–Crippen MR) is 86.5 cm³/mol. The van der Waals surface area contributed by atoms with E-state index in [-0.39, 0.29) is 18.1 Å². The Balaban J connectivity index is 1.99. The molecule has 7 heteroatoms. The lowest BCUT2D eigenvalue weighted by atomic mass is 10.1. The maximum atomic E-state index is 12.0. The molecule has 120 valence electrons. The second kappa shape index (κ2) is 7.71. The van der Waals surface area contributed by atoms with Crippen LogP contribution in [0.25, 0.3) is 0 Å². The van der Waals surface area contributed by atoms with Gasteiger partial charge in [0.05, 0.1) is 18.8 Å². The Kier molecular flexibility index (Phi) is 5.93. The summed E-state index contributed by atoms with van der Waals surface area (Å²) in [6.07, 6.45) is -0.0721. The van der Waals surface area contributed by atoms with Crippen molar-refractivity contribution in [3.05, 3.63) is 34.3 Å². The van der Waals surface area contributed by atoms with E-state index in [2.05, 4.69) is 26.6 Å². The van der Waals surface area contributed by atoms with E-state index in [0.717, 1.165) is 10.0 Å². The zero-order valence-corrected chi connectivity index (χ0v) is 14.2. The highest BCUT2D eigenvalue weighted by Gasteiger charge is 2.29. The van der Waals surface area contributed by atoms with Gasteiger partial charge in [0.2, 0.25) is 5.91 Å². The van der Waals surface area contributed by atoms with Gasteiger partial charge in [0.15, 0.2) is 0 Å². The number of ether oxygens (including phenoxy) is 1. The number of imide groups is 1. The third-order valence-corrected chi connectivity index (χ3v) is 4.26. The van der Waals surface area contributed by atoms with Crippen LogP contribution in [0, 0.1) is 0 Å². The van der Waals surface area contributed by atoms with Crippen molar-refractivity contribution in [2.45, 2.75) is 19.1 Å². The molecule has 22 heavy (non-hydrogen) atoms. The van der Waals surface area contributed by atoms with Crippen LogP contribution in [0.2, 0.25) is 0 Å². The maximum Gasteiger partial charge on any atom is 0.321 e. The van der Waals surface area contributed by atoms with Crippen LogP contribution >= 0.6 is 15.9 Å². The molecular formula is C15H20BrN3O3. The number of amides is 3. The molecule has 1 aliphatic rings. The number of halogens is 1. The van der Waals surface area contributed by atoms with Crippen LogP contribution in [0.4, 0.5) is 4.79 Å². The molecule has 1 aromatic rings. The summed E-state index contributed by atoms with van der Waals surface area (Å²) in [5.41, 5.74) is 1.08. The highest BCUT2D eigenvalue weighted by Crippen LogP contribution is 2.24. The van der Waals surface area contributed by atoms with Crippen LogP contribution in [0.15, 0.2) is 28.7 Å². The van der Waals surface area contributed by atoms with Gasteiger partial charge in [-0.1, -0.05) is 28.1 Å². The van der Waals surface area contributed by atoms with E-state index in [1.165, 1.54) is 7.05 Å². The molecule has 2 rings (SSSR count). The quantitative estimate of drug-likeness (QED) is 0.849. The Morgan fingerprint density at radius 1 is 1.36 bits per heavy atom. The number of benzene rings is 1. The molecule has 1 fully saturated rings. The van der Waals surface area contributed by atoms with Crippen molar-refractivity contribution in [3.8, 4) is 0 Å². The zero-order valence-electron chi connectivity index (χ0n) is 12.6. The largest absolute Gasteiger partial charge is 0.371 e. The molecule has 2 N–H and O–H groups in total. The lowest BCUT2D eigenvalue weighted by molar-refractivity contribution is -0.128. The van der Waals surface area contributed by atoms with E-state index in [9.17, 15) is 9.59 Å². The first kappa shape index (κ1) is 16.9. The fourth-order valence-corrected chi connectivity index (χ4v) is 2.61. The molecular weight excluding hydrogens is 350 g/mol. The first-order valence-corrected chi connectivity index (χ1v) is 7.94. The number of carbonyl (C=O) groups is 2. The summed E-state index contributed by atoms with van der Waals surface area (Å²) < 4.78 is 6.81. The summed E-state index contributed by atoms with van der Waals surface area (Å²) in [7, 11) is 1.48. The van der Waals surface area contributed by atoms with Gasteiger partial charge in [0, 0.05) is 24.6 Å². The Labute approximate surface area is 138 Å². The number of nitrogens with zero attached hydrogens (tertiary/aromatic N) is 1. The highest BCUT2D eigenvalue weighted by atomic mass is 79.9. The number of hydrogen-bond donors (Lipinski definition) is 2. The van der Waals surface area contributed by atoms with Gasteiger partial charge in [0.25, 0.3) is 0 Å². The molecule has 1 saturated heterocycles. The molecule has 0 bridgehead atoms. The molecule has 3 amide bonds. The molecule has 2 atom stereocenters. The van der Waals surface area contributed by atoms with Crippen LogP contribution in [-0.2, 0) is 9.53 Å². The van der Waals surface area contributed by atoms with Crippen molar-refractivity contribution >= 4 is 27.9 Å². The number of morpholine rings is 1. The lowest BCUT2D eigenvalue weighted by Crippen LogP contribution is -2.52. The Morgan fingerprint density at radius 3 is 2.68 bits per heavy atom. The van der Waals surface area contributed by atoms with E-state index in [1.54, 1.807) is 6.92 Å². The van der Waals surface area contributed by atoms with Gasteiger partial charge in [-0.3, -0.25) is 15.0 Å². The maximum absolute atomic E-state index is 12.0. The van der Waals surface area contributed by atoms with Crippen molar-refractivity contribution < 1.29 is 14.3 Å². The summed E-state index contributed by atoms with van der Waals surface area (Å²) in [6.45, 7) is 3.62. The zero-order chi connectivity index (χ0) is 16.1. The monoisotopic (exact) mass is 369 g/mol. The number of carbonyl (C=O) groups excluding carboxylic acids is 2. The van der Waals surface area contributed by atoms with Crippen LogP contribution in [-0.4, -0.2) is 49.6 Å². The second-order valence-corrected chi connectivity index (χ2v) is 6.07. The SMILES string of the molecule is CNC(=O)NC(=O)[C@H](C)N1CCO[C@H](c2ccc(Br)cc2)C1. The number of hydrogen-bond acceptors (Lipinski definition) is 4. The average molecular weight is 370 g/mol. The highest BCUT2D eigenvalue weighted by molar-refractivity contribution is 9.10. The second-order valence-electron chi connectivity index (χ2n) is 5.15. The fourth-order valence-electron chi connectivity index (χ4n) is 2.34. The smallest absolute Gasteiger partial charge is 0.321 e. The van der Waals surface area contributed by atoms with Crippen LogP contribution < -0.4 is 10.6 Å². The van der Waals surface area contributed by atoms with E-state index in [1.807, 2.05) is 29.2 Å². The number of rotatable bonds is 3. The van der Waals surface area contributed by atoms with Crippen molar-refractivity contribution in [1.82, 2.24) is 15.5 Å². The minimum Gasteiger partial charge on any atom is -0.371 e. The Bertz CT molecular complexity index is 535. The molecule has 0 unspecified atom stereocenters. The van der Waals surface area contributed by atoms with Crippen LogP contribution in [0.5, 0.6) is 0 Å². The first-order valence-electron chi connectivity index (χ1n) is 7.15. The summed E-state index contributed by atoms with van der Waals surface area (Å²) in [5, 5.41) is 4.69. The minimum absolute atomic E-state index is 0.0721. The lowest BCUT2D eigenvalue weighted by Gasteiger charge is -2.36. The van der Waals surface area contributed by atoms with Crippen molar-refractivity contribution in [1.29, 1.82) is 0 Å². The van der Waals surface area contributed by atoms with Crippen LogP contribution in [0.1, 0.15) is 18.6 Å². The third-order valence-electron chi connectivity index (χ3n) is 3.73. The molecule has 1 aromatic carbocycles. The predicted octanol–water partition coefficient (Wildman–Crippen LogP) is 1.67. The molecule has 6 nitrogen and oxygen atoms in total. The molecule has 0 spiro atoms. The van der Waals surface area contributed by atoms with Gasteiger partial charge in [0.1, 0.15) is 0 Å². The average Bonchev–Trinajstić information content (AvgIpc) is 2.54. The summed E-state index contributed by atoms with van der Waals surface area (Å²) in [6, 6.07) is 7.08. The fraction of sp³-hybridized carbons (Fsp3) is 0.467. The summed E-state index contributed by atoms with van der Waals surface area (Å²) in [4.78, 5) is 25.3. The molecule has 0 aliphatic carbocycles. The normalized spacial score (nSPS) is 20.2. The van der Waals surface area contributed by atoms with Crippen LogP contribution in [0.3, 0.4) is 0 Å². The molecule has 0 aromatic heterocycles. The van der Waals surface area contributed by atoms with Gasteiger partial charge in [-0.25, -0.2) is 4.79 Å². The Hall–Kier alpha value is -1.44. The summed E-state index contributed by atoms with van der Waals surface area (Å²) >= 11 is 3.41. The standard InChI is InChI=1S/C15H20BrN3O3/c1-10(14(20)18-15(21)17-2)19-7-8-22-13(9-19)11-3-5-12(16)6-4-11/h3-6,10,13H,7-9H2,1-2H3,(H2,17,18,20,21)/t10-,13-/m0/s1. The first-order chi connectivity index (χ1) is 10.5. The van der Waals surface area contributed by atoms with Gasteiger partial charge in [-0.05, 0) is 24.6 Å². The number of nitrogens with one attached hydrogen (secondary N) is 2. The molecule has 0 radical (unpaired) electrons. The Morgan fingerprint density at radius 2 is 2.05 bits per heavy atom. The van der Waals surface area contributed by atoms with Gasteiger partial charge in [-0.15, -0.1) is 0 Å². The van der Waals surface area contributed by atoms with E-state index in [4.69, 9.17) is 4.74 Å². The van der Waals surface area contributed by atoms with Crippen molar-refractivity contribution in [3.63, 3.8) is 0 Å². The van der Waals surface area contributed by atoms with Crippen molar-refractivity contribution in [2.24, 2.45) is 0 Å². The van der Waals surface area contributed by atoms with Crippen molar-refractivity contribution in [2.75, 3.05) is 26.7 Å². The topological polar surface area (TPSA) is 70.7 Å². The minimum atomic E-state index is -0.491. The number of urea groups is 1. The summed E-state index contributed by atoms with van der Waals surface area (Å²) in [5.74, 6) is -0.309. The molecule has 0 saturated carbocycles. The van der Waals surface area contributed by atoms with Gasteiger partial charge < -0.3 is 10.1 Å². The van der Waals surface area contributed by atoms with E-state index < -0.39 is 6.03 Å². The van der Waals surface area contributed by atoms with Gasteiger partial charge >= 0.3 is 6.03 Å². The van der Waals surface area contributed by atoms with E-state index in [0.29, 0.717) is 19.7 Å². The third kappa shape index (κ3) is 4.28. The van der Waals surface area contributed by atoms with Gasteiger partial charge in [-0.2, -0.15) is 0 Å². The molecule has 1 aliphatic heterocycles. The van der Waals surface area contributed by atoms with E-state index >= 15 is 0 Å².